The molecule has 3 rings (SSSR count). The van der Waals surface area contributed by atoms with Gasteiger partial charge >= 0.3 is 0 Å². The first-order valence-corrected chi connectivity index (χ1v) is 12.3. The number of rotatable bonds is 10. The smallest absolute Gasteiger partial charge is 0.251 e. The van der Waals surface area contributed by atoms with Crippen molar-refractivity contribution in [3.8, 4) is 10.6 Å². The van der Waals surface area contributed by atoms with Crippen molar-refractivity contribution in [1.82, 2.24) is 15.5 Å². The summed E-state index contributed by atoms with van der Waals surface area (Å²) in [5.74, 6) is -0.582. The third-order valence-corrected chi connectivity index (χ3v) is 6.63. The van der Waals surface area contributed by atoms with Crippen LogP contribution in [0, 0.1) is 12.8 Å². The van der Waals surface area contributed by atoms with Crippen LogP contribution >= 0.6 is 11.3 Å². The topological polar surface area (TPSA) is 84.0 Å². The van der Waals surface area contributed by atoms with Crippen LogP contribution in [-0.2, 0) is 11.2 Å². The first-order valence-electron chi connectivity index (χ1n) is 11.5. The van der Waals surface area contributed by atoms with Crippen LogP contribution in [0.5, 0.6) is 0 Å². The van der Waals surface area contributed by atoms with Crippen LogP contribution in [0.3, 0.4) is 0 Å². The van der Waals surface area contributed by atoms with Gasteiger partial charge in [-0.3, -0.25) is 14.9 Å². The second-order valence-electron chi connectivity index (χ2n) is 8.41. The van der Waals surface area contributed by atoms with Crippen LogP contribution in [0.25, 0.3) is 10.6 Å². The number of hydrogen-bond acceptors (Lipinski definition) is 5. The molecule has 2 aromatic carbocycles. The third kappa shape index (κ3) is 6.71. The molecule has 174 valence electrons. The number of aromatic nitrogens is 2. The van der Waals surface area contributed by atoms with Crippen molar-refractivity contribution in [3.05, 3.63) is 65.2 Å². The van der Waals surface area contributed by atoms with Crippen molar-refractivity contribution in [2.45, 2.75) is 59.4 Å². The molecule has 0 fully saturated rings. The maximum atomic E-state index is 13.1. The summed E-state index contributed by atoms with van der Waals surface area (Å²) < 4.78 is 0. The van der Waals surface area contributed by atoms with E-state index in [9.17, 15) is 9.59 Å². The van der Waals surface area contributed by atoms with E-state index in [1.165, 1.54) is 16.9 Å². The van der Waals surface area contributed by atoms with Crippen LogP contribution < -0.4 is 10.6 Å². The van der Waals surface area contributed by atoms with Crippen LogP contribution in [0.1, 0.15) is 61.5 Å². The average Bonchev–Trinajstić information content (AvgIpc) is 3.29. The largest absolute Gasteiger partial charge is 0.340 e. The van der Waals surface area contributed by atoms with E-state index in [-0.39, 0.29) is 17.7 Å². The number of carbonyl (C=O) groups is 2. The Morgan fingerprint density at radius 2 is 1.82 bits per heavy atom. The van der Waals surface area contributed by atoms with E-state index >= 15 is 0 Å². The number of nitrogens with one attached hydrogen (secondary N) is 2. The number of unbranched alkanes of at least 4 members (excludes halogenated alkanes) is 1. The highest BCUT2D eigenvalue weighted by Crippen LogP contribution is 2.27. The highest BCUT2D eigenvalue weighted by Gasteiger charge is 2.27. The van der Waals surface area contributed by atoms with Gasteiger partial charge in [0.15, 0.2) is 0 Å². The standard InChI is InChI=1S/C26H32N4O2S/c1-5-7-10-19-12-14-20(15-13-19)23(31)27-22(18(4)6-2)24(32)28-26-30-29-25(33-26)21-11-8-9-17(3)16-21/h8-9,11-16,18,22H,5-7,10H2,1-4H3,(H,27,31)(H,28,30,32). The second-order valence-corrected chi connectivity index (χ2v) is 9.39. The fourth-order valence-corrected chi connectivity index (χ4v) is 4.22. The van der Waals surface area contributed by atoms with Gasteiger partial charge in [0, 0.05) is 11.1 Å². The van der Waals surface area contributed by atoms with E-state index in [4.69, 9.17) is 0 Å². The van der Waals surface area contributed by atoms with Gasteiger partial charge < -0.3 is 5.32 Å². The van der Waals surface area contributed by atoms with Crippen LogP contribution in [0.4, 0.5) is 5.13 Å². The summed E-state index contributed by atoms with van der Waals surface area (Å²) in [4.78, 5) is 25.9. The van der Waals surface area contributed by atoms with E-state index in [0.717, 1.165) is 41.8 Å². The molecule has 0 aliphatic heterocycles. The molecule has 0 radical (unpaired) electrons. The van der Waals surface area contributed by atoms with Gasteiger partial charge in [-0.2, -0.15) is 0 Å². The van der Waals surface area contributed by atoms with Crippen molar-refractivity contribution in [2.75, 3.05) is 5.32 Å². The normalized spacial score (nSPS) is 12.7. The molecular weight excluding hydrogens is 432 g/mol. The fraction of sp³-hybridized carbons (Fsp3) is 0.385. The summed E-state index contributed by atoms with van der Waals surface area (Å²) in [6.07, 6.45) is 4.01. The Morgan fingerprint density at radius 3 is 2.48 bits per heavy atom. The summed E-state index contributed by atoms with van der Waals surface area (Å²) in [7, 11) is 0. The molecule has 2 N–H and O–H groups in total. The zero-order valence-electron chi connectivity index (χ0n) is 19.7. The molecule has 0 aliphatic carbocycles. The molecule has 7 heteroatoms. The van der Waals surface area contributed by atoms with Gasteiger partial charge in [-0.1, -0.05) is 80.8 Å². The highest BCUT2D eigenvalue weighted by atomic mass is 32.1. The molecular formula is C26H32N4O2S. The average molecular weight is 465 g/mol. The van der Waals surface area contributed by atoms with Gasteiger partial charge in [0.2, 0.25) is 11.0 Å². The molecule has 0 aliphatic rings. The number of amides is 2. The molecule has 2 unspecified atom stereocenters. The van der Waals surface area contributed by atoms with Gasteiger partial charge in [0.25, 0.3) is 5.91 Å². The number of benzene rings is 2. The predicted molar refractivity (Wildman–Crippen MR) is 134 cm³/mol. The molecule has 1 heterocycles. The van der Waals surface area contributed by atoms with E-state index in [0.29, 0.717) is 10.7 Å². The van der Waals surface area contributed by atoms with Crippen LogP contribution in [0.15, 0.2) is 48.5 Å². The van der Waals surface area contributed by atoms with Gasteiger partial charge in [-0.15, -0.1) is 10.2 Å². The molecule has 33 heavy (non-hydrogen) atoms. The quantitative estimate of drug-likeness (QED) is 0.407. The van der Waals surface area contributed by atoms with Gasteiger partial charge in [-0.25, -0.2) is 0 Å². The first-order chi connectivity index (χ1) is 15.9. The van der Waals surface area contributed by atoms with E-state index in [1.807, 2.05) is 69.3 Å². The lowest BCUT2D eigenvalue weighted by Gasteiger charge is -2.23. The van der Waals surface area contributed by atoms with Crippen molar-refractivity contribution < 1.29 is 9.59 Å². The molecule has 1 aromatic heterocycles. The Morgan fingerprint density at radius 1 is 1.06 bits per heavy atom. The maximum Gasteiger partial charge on any atom is 0.251 e. The van der Waals surface area contributed by atoms with Crippen molar-refractivity contribution in [2.24, 2.45) is 5.92 Å². The zero-order chi connectivity index (χ0) is 23.8. The minimum absolute atomic E-state index is 0.0399. The number of hydrogen-bond donors (Lipinski definition) is 2. The Balaban J connectivity index is 1.68. The summed E-state index contributed by atoms with van der Waals surface area (Å²) in [5, 5.41) is 15.2. The number of aryl methyl sites for hydroxylation is 2. The molecule has 3 aromatic rings. The van der Waals surface area contributed by atoms with Crippen molar-refractivity contribution >= 4 is 28.3 Å². The number of anilines is 1. The monoisotopic (exact) mass is 464 g/mol. The van der Waals surface area contributed by atoms with E-state index in [1.54, 1.807) is 0 Å². The third-order valence-electron chi connectivity index (χ3n) is 5.74. The molecule has 2 atom stereocenters. The van der Waals surface area contributed by atoms with Gasteiger partial charge in [0.1, 0.15) is 11.0 Å². The molecule has 6 nitrogen and oxygen atoms in total. The Labute approximate surface area is 199 Å². The lowest BCUT2D eigenvalue weighted by Crippen LogP contribution is -2.47. The van der Waals surface area contributed by atoms with Crippen LogP contribution in [-0.4, -0.2) is 28.1 Å². The lowest BCUT2D eigenvalue weighted by molar-refractivity contribution is -0.119. The zero-order valence-corrected chi connectivity index (χ0v) is 20.5. The van der Waals surface area contributed by atoms with Gasteiger partial charge in [0.05, 0.1) is 0 Å². The fourth-order valence-electron chi connectivity index (χ4n) is 3.48. The SMILES string of the molecule is CCCCc1ccc(C(=O)NC(C(=O)Nc2nnc(-c3cccc(C)c3)s2)C(C)CC)cc1. The molecule has 0 saturated carbocycles. The maximum absolute atomic E-state index is 13.1. The molecule has 0 bridgehead atoms. The van der Waals surface area contributed by atoms with Crippen molar-refractivity contribution in [1.29, 1.82) is 0 Å². The molecule has 0 spiro atoms. The summed E-state index contributed by atoms with van der Waals surface area (Å²) in [6.45, 7) is 8.13. The van der Waals surface area contributed by atoms with Gasteiger partial charge in [-0.05, 0) is 49.4 Å². The molecule has 2 amide bonds. The first kappa shape index (κ1) is 24.6. The minimum Gasteiger partial charge on any atom is -0.340 e. The van der Waals surface area contributed by atoms with Crippen LogP contribution in [0.2, 0.25) is 0 Å². The van der Waals surface area contributed by atoms with E-state index < -0.39 is 6.04 Å². The summed E-state index contributed by atoms with van der Waals surface area (Å²) in [5.41, 5.74) is 3.85. The lowest BCUT2D eigenvalue weighted by atomic mass is 9.97. The predicted octanol–water partition coefficient (Wildman–Crippen LogP) is 5.64. The van der Waals surface area contributed by atoms with Crippen molar-refractivity contribution in [3.63, 3.8) is 0 Å². The Kier molecular flexibility index (Phi) is 8.72. The Hall–Kier alpha value is -3.06. The van der Waals surface area contributed by atoms with E-state index in [2.05, 4.69) is 27.8 Å². The second kappa shape index (κ2) is 11.7. The highest BCUT2D eigenvalue weighted by molar-refractivity contribution is 7.18. The number of nitrogens with zero attached hydrogens (tertiary/aromatic N) is 2. The summed E-state index contributed by atoms with van der Waals surface area (Å²) in [6, 6.07) is 14.9. The number of carbonyl (C=O) groups excluding carboxylic acids is 2. The molecule has 0 saturated heterocycles. The minimum atomic E-state index is -0.673. The summed E-state index contributed by atoms with van der Waals surface area (Å²) >= 11 is 1.32. The Bertz CT molecular complexity index is 1080.